The van der Waals surface area contributed by atoms with Crippen LogP contribution in [-0.2, 0) is 4.79 Å². The number of allylic oxidation sites excluding steroid dienone is 1. The van der Waals surface area contributed by atoms with E-state index in [1.54, 1.807) is 0 Å². The molecule has 2 atom stereocenters. The third-order valence-corrected chi connectivity index (χ3v) is 4.78. The Kier molecular flexibility index (Phi) is 3.50. The van der Waals surface area contributed by atoms with Crippen molar-refractivity contribution in [2.45, 2.75) is 25.7 Å². The molecule has 1 saturated carbocycles. The average Bonchev–Trinajstić information content (AvgIpc) is 2.84. The van der Waals surface area contributed by atoms with Crippen LogP contribution in [0.25, 0.3) is 5.57 Å². The Morgan fingerprint density at radius 3 is 2.24 bits per heavy atom. The van der Waals surface area contributed by atoms with Gasteiger partial charge in [-0.3, -0.25) is 4.79 Å². The molecule has 3 rings (SSSR count). The molecular formula is C20H20O. The first-order valence-corrected chi connectivity index (χ1v) is 7.43. The number of hydrogen-bond donors (Lipinski definition) is 0. The van der Waals surface area contributed by atoms with Crippen molar-refractivity contribution < 1.29 is 4.79 Å². The molecule has 1 heteroatoms. The zero-order valence-corrected chi connectivity index (χ0v) is 12.4. The number of carbonyl (C=O) groups is 1. The summed E-state index contributed by atoms with van der Waals surface area (Å²) in [5.74, 6) is 0.558. The molecule has 2 aromatic carbocycles. The van der Waals surface area contributed by atoms with Crippen LogP contribution in [-0.4, -0.2) is 5.78 Å². The standard InChI is InChI=1S/C20H20O/c1-15(16-9-5-3-6-10-16)20(2)14-18(21)13-19(20)17-11-7-4-8-12-17/h3-12,19H,1,13-14H2,2H3/t19-,20+/m0/s1. The molecule has 106 valence electrons. The maximum atomic E-state index is 12.1. The molecule has 0 bridgehead atoms. The highest BCUT2D eigenvalue weighted by Crippen LogP contribution is 2.54. The van der Waals surface area contributed by atoms with Crippen molar-refractivity contribution in [1.82, 2.24) is 0 Å². The van der Waals surface area contributed by atoms with Crippen molar-refractivity contribution in [2.24, 2.45) is 5.41 Å². The maximum Gasteiger partial charge on any atom is 0.134 e. The van der Waals surface area contributed by atoms with Crippen LogP contribution in [0.2, 0.25) is 0 Å². The summed E-state index contributed by atoms with van der Waals surface area (Å²) >= 11 is 0. The summed E-state index contributed by atoms with van der Waals surface area (Å²) in [7, 11) is 0. The number of rotatable bonds is 3. The first kappa shape index (κ1) is 13.8. The Bertz CT molecular complexity index is 657. The lowest BCUT2D eigenvalue weighted by molar-refractivity contribution is -0.117. The Morgan fingerprint density at radius 1 is 1.05 bits per heavy atom. The fourth-order valence-electron chi connectivity index (χ4n) is 3.52. The minimum Gasteiger partial charge on any atom is -0.300 e. The first-order chi connectivity index (χ1) is 10.1. The number of hydrogen-bond acceptors (Lipinski definition) is 1. The molecule has 0 spiro atoms. The summed E-state index contributed by atoms with van der Waals surface area (Å²) in [6, 6.07) is 20.6. The second-order valence-electron chi connectivity index (χ2n) is 6.14. The lowest BCUT2D eigenvalue weighted by Gasteiger charge is -2.33. The molecule has 0 amide bonds. The molecule has 0 N–H and O–H groups in total. The molecule has 0 heterocycles. The summed E-state index contributed by atoms with van der Waals surface area (Å²) < 4.78 is 0. The highest BCUT2D eigenvalue weighted by molar-refractivity contribution is 5.88. The molecule has 1 fully saturated rings. The van der Waals surface area contributed by atoms with Gasteiger partial charge in [0.25, 0.3) is 0 Å². The van der Waals surface area contributed by atoms with Gasteiger partial charge < -0.3 is 0 Å². The van der Waals surface area contributed by atoms with Gasteiger partial charge in [0.2, 0.25) is 0 Å². The second kappa shape index (κ2) is 5.33. The van der Waals surface area contributed by atoms with E-state index in [-0.39, 0.29) is 11.3 Å². The molecule has 0 aliphatic heterocycles. The monoisotopic (exact) mass is 276 g/mol. The Hall–Kier alpha value is -2.15. The number of Topliss-reactive ketones (excluding diaryl/α,β-unsaturated/α-hetero) is 1. The molecule has 1 aliphatic rings. The fourth-order valence-corrected chi connectivity index (χ4v) is 3.52. The summed E-state index contributed by atoms with van der Waals surface area (Å²) in [5, 5.41) is 0. The lowest BCUT2D eigenvalue weighted by atomic mass is 9.69. The van der Waals surface area contributed by atoms with Gasteiger partial charge in [-0.15, -0.1) is 0 Å². The highest BCUT2D eigenvalue weighted by atomic mass is 16.1. The SMILES string of the molecule is C=C(c1ccccc1)[C@@]1(C)CC(=O)C[C@H]1c1ccccc1. The van der Waals surface area contributed by atoms with Crippen LogP contribution in [0.3, 0.4) is 0 Å². The summed E-state index contributed by atoms with van der Waals surface area (Å²) in [6.45, 7) is 6.52. The molecule has 0 radical (unpaired) electrons. The van der Waals surface area contributed by atoms with Crippen molar-refractivity contribution in [3.8, 4) is 0 Å². The Morgan fingerprint density at radius 2 is 1.62 bits per heavy atom. The summed E-state index contributed by atoms with van der Waals surface area (Å²) in [5.41, 5.74) is 3.25. The van der Waals surface area contributed by atoms with Gasteiger partial charge in [-0.1, -0.05) is 74.2 Å². The predicted molar refractivity (Wildman–Crippen MR) is 87.0 cm³/mol. The molecule has 21 heavy (non-hydrogen) atoms. The molecular weight excluding hydrogens is 256 g/mol. The number of benzene rings is 2. The van der Waals surface area contributed by atoms with Crippen LogP contribution in [0.1, 0.15) is 36.8 Å². The third kappa shape index (κ3) is 2.44. The largest absolute Gasteiger partial charge is 0.300 e. The normalized spacial score (nSPS) is 25.0. The zero-order chi connectivity index (χ0) is 14.9. The third-order valence-electron chi connectivity index (χ3n) is 4.78. The van der Waals surface area contributed by atoms with E-state index in [1.807, 2.05) is 36.4 Å². The summed E-state index contributed by atoms with van der Waals surface area (Å²) in [4.78, 5) is 12.1. The molecule has 2 aromatic rings. The van der Waals surface area contributed by atoms with Crippen LogP contribution in [0.4, 0.5) is 0 Å². The second-order valence-corrected chi connectivity index (χ2v) is 6.14. The quantitative estimate of drug-likeness (QED) is 0.783. The van der Waals surface area contributed by atoms with Crippen molar-refractivity contribution in [1.29, 1.82) is 0 Å². The van der Waals surface area contributed by atoms with Crippen molar-refractivity contribution in [3.05, 3.63) is 78.4 Å². The average molecular weight is 276 g/mol. The van der Waals surface area contributed by atoms with Crippen LogP contribution < -0.4 is 0 Å². The molecule has 1 nitrogen and oxygen atoms in total. The van der Waals surface area contributed by atoms with E-state index in [9.17, 15) is 4.79 Å². The van der Waals surface area contributed by atoms with Crippen LogP contribution >= 0.6 is 0 Å². The topological polar surface area (TPSA) is 17.1 Å². The van der Waals surface area contributed by atoms with Gasteiger partial charge in [0, 0.05) is 24.2 Å². The molecule has 0 aromatic heterocycles. The van der Waals surface area contributed by atoms with Crippen LogP contribution in [0.15, 0.2) is 67.2 Å². The van der Waals surface area contributed by atoms with Crippen LogP contribution in [0, 0.1) is 5.41 Å². The van der Waals surface area contributed by atoms with E-state index in [2.05, 4.69) is 37.8 Å². The minimum atomic E-state index is -0.195. The minimum absolute atomic E-state index is 0.195. The van der Waals surface area contributed by atoms with Gasteiger partial charge in [-0.05, 0) is 16.7 Å². The highest BCUT2D eigenvalue weighted by Gasteiger charge is 2.46. The van der Waals surface area contributed by atoms with Crippen molar-refractivity contribution >= 4 is 11.4 Å². The Labute approximate surface area is 126 Å². The van der Waals surface area contributed by atoms with Crippen molar-refractivity contribution in [2.75, 3.05) is 0 Å². The van der Waals surface area contributed by atoms with Gasteiger partial charge >= 0.3 is 0 Å². The molecule has 0 unspecified atom stereocenters. The predicted octanol–water partition coefficient (Wildman–Crippen LogP) is 4.85. The van der Waals surface area contributed by atoms with E-state index in [0.29, 0.717) is 18.6 Å². The summed E-state index contributed by atoms with van der Waals surface area (Å²) in [6.07, 6.45) is 1.20. The van der Waals surface area contributed by atoms with Gasteiger partial charge in [-0.2, -0.15) is 0 Å². The smallest absolute Gasteiger partial charge is 0.134 e. The van der Waals surface area contributed by atoms with Gasteiger partial charge in [0.1, 0.15) is 5.78 Å². The van der Waals surface area contributed by atoms with E-state index >= 15 is 0 Å². The van der Waals surface area contributed by atoms with Gasteiger partial charge in [0.15, 0.2) is 0 Å². The van der Waals surface area contributed by atoms with E-state index in [4.69, 9.17) is 0 Å². The maximum absolute atomic E-state index is 12.1. The number of carbonyl (C=O) groups excluding carboxylic acids is 1. The van der Waals surface area contributed by atoms with E-state index in [0.717, 1.165) is 11.1 Å². The van der Waals surface area contributed by atoms with Gasteiger partial charge in [-0.25, -0.2) is 0 Å². The van der Waals surface area contributed by atoms with Gasteiger partial charge in [0.05, 0.1) is 0 Å². The first-order valence-electron chi connectivity index (χ1n) is 7.43. The Balaban J connectivity index is 2.01. The zero-order valence-electron chi connectivity index (χ0n) is 12.4. The van der Waals surface area contributed by atoms with Crippen molar-refractivity contribution in [3.63, 3.8) is 0 Å². The van der Waals surface area contributed by atoms with E-state index < -0.39 is 0 Å². The van der Waals surface area contributed by atoms with Crippen LogP contribution in [0.5, 0.6) is 0 Å². The lowest BCUT2D eigenvalue weighted by Crippen LogP contribution is -2.21. The fraction of sp³-hybridized carbons (Fsp3) is 0.250. The number of ketones is 1. The van der Waals surface area contributed by atoms with E-state index in [1.165, 1.54) is 5.56 Å². The molecule has 0 saturated heterocycles. The molecule has 1 aliphatic carbocycles.